The second-order valence-corrected chi connectivity index (χ2v) is 9.93. The lowest BCUT2D eigenvalue weighted by atomic mass is 9.90. The molecule has 3 aromatic rings. The van der Waals surface area contributed by atoms with Gasteiger partial charge in [0.1, 0.15) is 11.4 Å². The molecule has 1 aromatic heterocycles. The third kappa shape index (κ3) is 6.55. The normalized spacial score (nSPS) is 17.3. The molecule has 0 saturated carbocycles. The highest BCUT2D eigenvalue weighted by Gasteiger charge is 2.32. The van der Waals surface area contributed by atoms with Crippen LogP contribution in [-0.2, 0) is 16.1 Å². The van der Waals surface area contributed by atoms with Crippen LogP contribution in [0, 0.1) is 19.8 Å². The van der Waals surface area contributed by atoms with Gasteiger partial charge < -0.3 is 26.3 Å². The maximum Gasteiger partial charge on any atom is 0.271 e. The molecule has 0 spiro atoms. The van der Waals surface area contributed by atoms with Gasteiger partial charge in [-0.15, -0.1) is 0 Å². The average molecular weight is 539 g/mol. The Morgan fingerprint density at radius 3 is 2.60 bits per heavy atom. The van der Waals surface area contributed by atoms with Gasteiger partial charge in [0.25, 0.3) is 11.8 Å². The molecular formula is C31H34N6O3. The summed E-state index contributed by atoms with van der Waals surface area (Å²) in [7, 11) is 0. The van der Waals surface area contributed by atoms with Crippen LogP contribution in [0.25, 0.3) is 0 Å². The minimum atomic E-state index is -0.451. The molecule has 5 N–H and O–H groups in total. The van der Waals surface area contributed by atoms with Crippen molar-refractivity contribution in [3.63, 3.8) is 0 Å². The molecule has 0 aliphatic carbocycles. The van der Waals surface area contributed by atoms with Crippen LogP contribution in [0.1, 0.15) is 34.1 Å². The number of H-pyrrole nitrogens is 1. The zero-order valence-corrected chi connectivity index (χ0v) is 23.0. The molecule has 2 aromatic carbocycles. The third-order valence-electron chi connectivity index (χ3n) is 6.75. The van der Waals surface area contributed by atoms with Crippen LogP contribution in [-0.4, -0.2) is 46.4 Å². The van der Waals surface area contributed by atoms with Gasteiger partial charge in [-0.1, -0.05) is 37.8 Å². The summed E-state index contributed by atoms with van der Waals surface area (Å²) in [5.74, 6) is -1.07. The Labute approximate surface area is 233 Å². The van der Waals surface area contributed by atoms with Gasteiger partial charge in [-0.2, -0.15) is 0 Å². The molecule has 40 heavy (non-hydrogen) atoms. The molecule has 0 bridgehead atoms. The number of nitrogens with one attached hydrogen (secondary N) is 3. The number of aryl methyl sites for hydroxylation is 2. The minimum Gasteiger partial charge on any atom is -0.394 e. The number of nitrogens with zero attached hydrogens (tertiary/aromatic N) is 2. The van der Waals surface area contributed by atoms with Gasteiger partial charge >= 0.3 is 0 Å². The van der Waals surface area contributed by atoms with E-state index in [-0.39, 0.29) is 30.0 Å². The maximum absolute atomic E-state index is 13.2. The van der Waals surface area contributed by atoms with E-state index in [1.165, 1.54) is 6.08 Å². The second kappa shape index (κ2) is 12.3. The number of likely N-dealkylation sites (tertiary alicyclic amines) is 1. The summed E-state index contributed by atoms with van der Waals surface area (Å²) in [5.41, 5.74) is 12.3. The summed E-state index contributed by atoms with van der Waals surface area (Å²) in [6, 6.07) is 16.6. The van der Waals surface area contributed by atoms with E-state index in [0.717, 1.165) is 16.7 Å². The highest BCUT2D eigenvalue weighted by atomic mass is 16.2. The van der Waals surface area contributed by atoms with Crippen LogP contribution in [0.4, 0.5) is 11.4 Å². The monoisotopic (exact) mass is 538 g/mol. The van der Waals surface area contributed by atoms with Crippen molar-refractivity contribution in [2.24, 2.45) is 16.6 Å². The van der Waals surface area contributed by atoms with E-state index < -0.39 is 5.91 Å². The number of amides is 3. The molecule has 4 rings (SSSR count). The van der Waals surface area contributed by atoms with Crippen molar-refractivity contribution in [1.82, 2.24) is 9.88 Å². The van der Waals surface area contributed by atoms with Crippen molar-refractivity contribution in [3.05, 3.63) is 107 Å². The highest BCUT2D eigenvalue weighted by Crippen LogP contribution is 2.25. The molecule has 2 heterocycles. The van der Waals surface area contributed by atoms with Crippen LogP contribution < -0.4 is 16.4 Å². The van der Waals surface area contributed by atoms with Crippen molar-refractivity contribution in [2.45, 2.75) is 27.3 Å². The quantitative estimate of drug-likeness (QED) is 0.333. The van der Waals surface area contributed by atoms with Gasteiger partial charge in [0.15, 0.2) is 0 Å². The van der Waals surface area contributed by atoms with Gasteiger partial charge in [-0.05, 0) is 66.9 Å². The Balaban J connectivity index is 1.64. The van der Waals surface area contributed by atoms with Crippen molar-refractivity contribution >= 4 is 34.8 Å². The third-order valence-corrected chi connectivity index (χ3v) is 6.75. The first-order chi connectivity index (χ1) is 19.2. The van der Waals surface area contributed by atoms with Crippen molar-refractivity contribution in [2.75, 3.05) is 23.7 Å². The number of rotatable bonds is 7. The molecule has 206 valence electrons. The summed E-state index contributed by atoms with van der Waals surface area (Å²) in [6.45, 7) is 10.2. The Hall–Kier alpha value is -4.92. The zero-order valence-electron chi connectivity index (χ0n) is 23.0. The molecule has 1 aliphatic rings. The number of benzene rings is 2. The lowest BCUT2D eigenvalue weighted by molar-refractivity contribution is -0.113. The summed E-state index contributed by atoms with van der Waals surface area (Å²) in [5, 5.41) is 5.65. The van der Waals surface area contributed by atoms with Gasteiger partial charge in [-0.25, -0.2) is 0 Å². The van der Waals surface area contributed by atoms with E-state index in [1.54, 1.807) is 29.3 Å². The van der Waals surface area contributed by atoms with E-state index in [1.807, 2.05) is 57.2 Å². The molecular weight excluding hydrogens is 504 g/mol. The molecule has 9 heteroatoms. The fraction of sp³-hybridized carbons (Fsp3) is 0.226. The number of hydrogen-bond acceptors (Lipinski definition) is 5. The number of carbonyl (C=O) groups excluding carboxylic acids is 3. The predicted octanol–water partition coefficient (Wildman–Crippen LogP) is 4.34. The molecule has 9 nitrogen and oxygen atoms in total. The van der Waals surface area contributed by atoms with E-state index in [4.69, 9.17) is 10.7 Å². The standard InChI is InChI=1S/C31H34N6O3/c1-5-27(38)36-25-12-11-22(15-20(25)3)16-34-29-21(4)17-37(31(40)26-10-7-13-33-26)18-24(29)28(32)30(39)35-23-9-6-8-19(2)14-23/h5-15,21,33H,1,16-18,32H2,2-4H3,(H,35,39)(H,36,38). The van der Waals surface area contributed by atoms with Crippen molar-refractivity contribution < 1.29 is 14.4 Å². The van der Waals surface area contributed by atoms with Crippen LogP contribution in [0.15, 0.2) is 89.7 Å². The van der Waals surface area contributed by atoms with Crippen LogP contribution in [0.5, 0.6) is 0 Å². The minimum absolute atomic E-state index is 0.0229. The second-order valence-electron chi connectivity index (χ2n) is 9.93. The fourth-order valence-electron chi connectivity index (χ4n) is 4.70. The first-order valence-corrected chi connectivity index (χ1v) is 13.0. The SMILES string of the molecule is C=CC(=O)Nc1ccc(CN=C2C(=C(N)C(=O)Nc3cccc(C)c3)CN(C(=O)c3ccc[nH]3)CC2C)cc1C. The van der Waals surface area contributed by atoms with E-state index >= 15 is 0 Å². The van der Waals surface area contributed by atoms with Crippen LogP contribution in [0.2, 0.25) is 0 Å². The number of nitrogens with two attached hydrogens (primary N) is 1. The van der Waals surface area contributed by atoms with Crippen LogP contribution >= 0.6 is 0 Å². The number of aromatic amines is 1. The molecule has 1 saturated heterocycles. The topological polar surface area (TPSA) is 133 Å². The first-order valence-electron chi connectivity index (χ1n) is 13.0. The lowest BCUT2D eigenvalue weighted by Crippen LogP contribution is -2.46. The largest absolute Gasteiger partial charge is 0.394 e. The van der Waals surface area contributed by atoms with Gasteiger partial charge in [0.2, 0.25) is 5.91 Å². The predicted molar refractivity (Wildman–Crippen MR) is 158 cm³/mol. The molecule has 1 aliphatic heterocycles. The summed E-state index contributed by atoms with van der Waals surface area (Å²) in [6.07, 6.45) is 2.92. The number of aliphatic imine (C=N–C) groups is 1. The van der Waals surface area contributed by atoms with E-state index in [2.05, 4.69) is 22.2 Å². The maximum atomic E-state index is 13.2. The lowest BCUT2D eigenvalue weighted by Gasteiger charge is -2.34. The molecule has 1 unspecified atom stereocenters. The molecule has 1 atom stereocenters. The number of anilines is 2. The van der Waals surface area contributed by atoms with Crippen LogP contribution in [0.3, 0.4) is 0 Å². The Bertz CT molecular complexity index is 1500. The Morgan fingerprint density at radius 1 is 1.12 bits per heavy atom. The van der Waals surface area contributed by atoms with Crippen molar-refractivity contribution in [1.29, 1.82) is 0 Å². The number of carbonyl (C=O) groups is 3. The molecule has 1 fully saturated rings. The number of piperidine rings is 1. The Morgan fingerprint density at radius 2 is 1.93 bits per heavy atom. The van der Waals surface area contributed by atoms with Gasteiger partial charge in [-0.3, -0.25) is 19.4 Å². The zero-order chi connectivity index (χ0) is 28.8. The molecule has 0 radical (unpaired) electrons. The van der Waals surface area contributed by atoms with Crippen molar-refractivity contribution in [3.8, 4) is 0 Å². The number of hydrogen-bond donors (Lipinski definition) is 4. The molecule has 3 amide bonds. The van der Waals surface area contributed by atoms with E-state index in [9.17, 15) is 14.4 Å². The van der Waals surface area contributed by atoms with Gasteiger partial charge in [0.05, 0.1) is 13.1 Å². The van der Waals surface area contributed by atoms with Gasteiger partial charge in [0, 0.05) is 41.3 Å². The summed E-state index contributed by atoms with van der Waals surface area (Å²) >= 11 is 0. The summed E-state index contributed by atoms with van der Waals surface area (Å²) < 4.78 is 0. The van der Waals surface area contributed by atoms with E-state index in [0.29, 0.717) is 41.4 Å². The summed E-state index contributed by atoms with van der Waals surface area (Å²) in [4.78, 5) is 47.7. The smallest absolute Gasteiger partial charge is 0.271 e. The number of aromatic nitrogens is 1. The first kappa shape index (κ1) is 28.1. The fourth-order valence-corrected chi connectivity index (χ4v) is 4.70. The Kier molecular flexibility index (Phi) is 8.63. The average Bonchev–Trinajstić information content (AvgIpc) is 3.47. The highest BCUT2D eigenvalue weighted by molar-refractivity contribution is 6.13.